The number of carbonyl (C=O) groups excluding carboxylic acids is 2. The fourth-order valence-corrected chi connectivity index (χ4v) is 3.10. The van der Waals surface area contributed by atoms with E-state index >= 15 is 0 Å². The van der Waals surface area contributed by atoms with Crippen molar-refractivity contribution in [3.8, 4) is 0 Å². The maximum absolute atomic E-state index is 12.3. The Balaban J connectivity index is 1.56. The Labute approximate surface area is 161 Å². The molecule has 0 fully saturated rings. The summed E-state index contributed by atoms with van der Waals surface area (Å²) in [6.45, 7) is 3.28. The van der Waals surface area contributed by atoms with Crippen LogP contribution in [0.3, 0.4) is 0 Å². The molecule has 0 aliphatic carbocycles. The van der Waals surface area contributed by atoms with E-state index in [9.17, 15) is 9.59 Å². The molecule has 2 aromatic carbocycles. The molecule has 6 heteroatoms. The molecule has 0 unspecified atom stereocenters. The fraction of sp³-hybridized carbons (Fsp3) is 0.200. The molecule has 134 valence electrons. The number of anilines is 1. The second-order valence-corrected chi connectivity index (χ2v) is 6.95. The topological polar surface area (TPSA) is 61.4 Å². The summed E-state index contributed by atoms with van der Waals surface area (Å²) in [4.78, 5) is 26.9. The SMILES string of the molecule is O=C(NCCN1CC=CC1)c1cccc(NC(=O)c2cccc(Br)c2)c1. The maximum Gasteiger partial charge on any atom is 0.255 e. The highest BCUT2D eigenvalue weighted by atomic mass is 79.9. The summed E-state index contributed by atoms with van der Waals surface area (Å²) in [5.41, 5.74) is 1.66. The summed E-state index contributed by atoms with van der Waals surface area (Å²) in [5.74, 6) is -0.360. The van der Waals surface area contributed by atoms with Gasteiger partial charge < -0.3 is 10.6 Å². The number of nitrogens with zero attached hydrogens (tertiary/aromatic N) is 1. The van der Waals surface area contributed by atoms with Crippen LogP contribution >= 0.6 is 15.9 Å². The van der Waals surface area contributed by atoms with Crippen LogP contribution in [-0.4, -0.2) is 42.9 Å². The average Bonchev–Trinajstić information content (AvgIpc) is 3.15. The highest BCUT2D eigenvalue weighted by Crippen LogP contribution is 2.15. The Bertz CT molecular complexity index is 827. The first-order valence-electron chi connectivity index (χ1n) is 8.44. The van der Waals surface area contributed by atoms with Gasteiger partial charge in [-0.05, 0) is 36.4 Å². The highest BCUT2D eigenvalue weighted by Gasteiger charge is 2.11. The van der Waals surface area contributed by atoms with Crippen LogP contribution in [0.15, 0.2) is 65.2 Å². The monoisotopic (exact) mass is 413 g/mol. The number of halogens is 1. The van der Waals surface area contributed by atoms with Gasteiger partial charge in [0.1, 0.15) is 0 Å². The van der Waals surface area contributed by atoms with Crippen molar-refractivity contribution in [3.05, 3.63) is 76.3 Å². The van der Waals surface area contributed by atoms with E-state index in [1.54, 1.807) is 42.5 Å². The van der Waals surface area contributed by atoms with Gasteiger partial charge in [-0.2, -0.15) is 0 Å². The maximum atomic E-state index is 12.3. The quantitative estimate of drug-likeness (QED) is 0.714. The van der Waals surface area contributed by atoms with Gasteiger partial charge in [-0.25, -0.2) is 0 Å². The third-order valence-electron chi connectivity index (χ3n) is 4.08. The molecule has 26 heavy (non-hydrogen) atoms. The third-order valence-corrected chi connectivity index (χ3v) is 4.57. The van der Waals surface area contributed by atoms with E-state index in [0.717, 1.165) is 24.1 Å². The smallest absolute Gasteiger partial charge is 0.255 e. The minimum atomic E-state index is -0.217. The lowest BCUT2D eigenvalue weighted by Gasteiger charge is -2.15. The normalized spacial score (nSPS) is 13.6. The van der Waals surface area contributed by atoms with Crippen LogP contribution in [-0.2, 0) is 0 Å². The third kappa shape index (κ3) is 5.03. The predicted molar refractivity (Wildman–Crippen MR) is 106 cm³/mol. The lowest BCUT2D eigenvalue weighted by Crippen LogP contribution is -2.33. The minimum Gasteiger partial charge on any atom is -0.351 e. The predicted octanol–water partition coefficient (Wildman–Crippen LogP) is 3.30. The molecule has 5 nitrogen and oxygen atoms in total. The number of nitrogens with one attached hydrogen (secondary N) is 2. The van der Waals surface area contributed by atoms with Crippen LogP contribution in [0.1, 0.15) is 20.7 Å². The summed E-state index contributed by atoms with van der Waals surface area (Å²) in [5, 5.41) is 5.74. The summed E-state index contributed by atoms with van der Waals surface area (Å²) < 4.78 is 0.839. The number of hydrogen-bond donors (Lipinski definition) is 2. The van der Waals surface area contributed by atoms with E-state index in [1.165, 1.54) is 0 Å². The lowest BCUT2D eigenvalue weighted by atomic mass is 10.1. The van der Waals surface area contributed by atoms with Crippen molar-refractivity contribution in [2.75, 3.05) is 31.5 Å². The molecule has 0 bridgehead atoms. The number of amides is 2. The van der Waals surface area contributed by atoms with E-state index in [0.29, 0.717) is 23.4 Å². The van der Waals surface area contributed by atoms with Crippen LogP contribution in [0.2, 0.25) is 0 Å². The van der Waals surface area contributed by atoms with Gasteiger partial charge in [0.2, 0.25) is 0 Å². The van der Waals surface area contributed by atoms with Crippen molar-refractivity contribution in [2.24, 2.45) is 0 Å². The van der Waals surface area contributed by atoms with Gasteiger partial charge in [-0.3, -0.25) is 14.5 Å². The summed E-state index contributed by atoms with van der Waals surface area (Å²) in [7, 11) is 0. The van der Waals surface area contributed by atoms with Crippen molar-refractivity contribution in [2.45, 2.75) is 0 Å². The van der Waals surface area contributed by atoms with Crippen molar-refractivity contribution >= 4 is 33.4 Å². The molecule has 0 atom stereocenters. The Kier molecular flexibility index (Phi) is 6.20. The van der Waals surface area contributed by atoms with Gasteiger partial charge >= 0.3 is 0 Å². The average molecular weight is 414 g/mol. The molecule has 0 aromatic heterocycles. The van der Waals surface area contributed by atoms with E-state index in [1.807, 2.05) is 6.07 Å². The van der Waals surface area contributed by atoms with Crippen molar-refractivity contribution < 1.29 is 9.59 Å². The zero-order chi connectivity index (χ0) is 18.4. The van der Waals surface area contributed by atoms with Crippen molar-refractivity contribution in [1.82, 2.24) is 10.2 Å². The zero-order valence-electron chi connectivity index (χ0n) is 14.2. The molecule has 2 N–H and O–H groups in total. The Morgan fingerprint density at radius 2 is 1.65 bits per heavy atom. The Hall–Kier alpha value is -2.44. The molecule has 0 saturated carbocycles. The van der Waals surface area contributed by atoms with Gasteiger partial charge in [0, 0.05) is 47.5 Å². The molecule has 2 aromatic rings. The van der Waals surface area contributed by atoms with Crippen LogP contribution in [0, 0.1) is 0 Å². The van der Waals surface area contributed by atoms with Gasteiger partial charge in [-0.1, -0.05) is 40.2 Å². The molecular formula is C20H20BrN3O2. The first-order valence-corrected chi connectivity index (χ1v) is 9.24. The number of carbonyl (C=O) groups is 2. The summed E-state index contributed by atoms with van der Waals surface area (Å²) in [6.07, 6.45) is 4.25. The van der Waals surface area contributed by atoms with Crippen LogP contribution in [0.4, 0.5) is 5.69 Å². The molecule has 0 spiro atoms. The molecule has 0 saturated heterocycles. The van der Waals surface area contributed by atoms with Crippen LogP contribution in [0.25, 0.3) is 0 Å². The zero-order valence-corrected chi connectivity index (χ0v) is 15.8. The second kappa shape index (κ2) is 8.78. The van der Waals surface area contributed by atoms with E-state index < -0.39 is 0 Å². The standard InChI is InChI=1S/C20H20BrN3O2/c21-17-7-3-5-15(13-17)20(26)23-18-8-4-6-16(14-18)19(25)22-9-12-24-10-1-2-11-24/h1-8,13-14H,9-12H2,(H,22,25)(H,23,26). The number of rotatable bonds is 6. The largest absolute Gasteiger partial charge is 0.351 e. The second-order valence-electron chi connectivity index (χ2n) is 6.03. The highest BCUT2D eigenvalue weighted by molar-refractivity contribution is 9.10. The van der Waals surface area contributed by atoms with Crippen LogP contribution in [0.5, 0.6) is 0 Å². The molecule has 2 amide bonds. The summed E-state index contributed by atoms with van der Waals surface area (Å²) in [6, 6.07) is 14.1. The molecule has 1 aliphatic rings. The van der Waals surface area contributed by atoms with Crippen molar-refractivity contribution in [1.29, 1.82) is 0 Å². The first kappa shape index (κ1) is 18.4. The Morgan fingerprint density at radius 1 is 0.962 bits per heavy atom. The van der Waals surface area contributed by atoms with Gasteiger partial charge in [0.05, 0.1) is 0 Å². The van der Waals surface area contributed by atoms with E-state index in [4.69, 9.17) is 0 Å². The molecule has 1 heterocycles. The van der Waals surface area contributed by atoms with Crippen molar-refractivity contribution in [3.63, 3.8) is 0 Å². The van der Waals surface area contributed by atoms with E-state index in [2.05, 4.69) is 43.6 Å². The van der Waals surface area contributed by atoms with E-state index in [-0.39, 0.29) is 11.8 Å². The Morgan fingerprint density at radius 3 is 2.38 bits per heavy atom. The number of hydrogen-bond acceptors (Lipinski definition) is 3. The molecule has 0 radical (unpaired) electrons. The lowest BCUT2D eigenvalue weighted by molar-refractivity contribution is 0.0948. The van der Waals surface area contributed by atoms with Crippen LogP contribution < -0.4 is 10.6 Å². The molecule has 3 rings (SSSR count). The summed E-state index contributed by atoms with van der Waals surface area (Å²) >= 11 is 3.35. The molecular weight excluding hydrogens is 394 g/mol. The molecule has 1 aliphatic heterocycles. The first-order chi connectivity index (χ1) is 12.6. The van der Waals surface area contributed by atoms with Gasteiger partial charge in [0.15, 0.2) is 0 Å². The minimum absolute atomic E-state index is 0.143. The van der Waals surface area contributed by atoms with Gasteiger partial charge in [0.25, 0.3) is 11.8 Å². The fourth-order valence-electron chi connectivity index (χ4n) is 2.71. The van der Waals surface area contributed by atoms with Gasteiger partial charge in [-0.15, -0.1) is 0 Å². The number of benzene rings is 2.